The molecule has 98 valence electrons. The number of nitrogens with zero attached hydrogens (tertiary/aromatic N) is 1. The van der Waals surface area contributed by atoms with Crippen molar-refractivity contribution in [2.45, 2.75) is 13.3 Å². The highest BCUT2D eigenvalue weighted by Gasteiger charge is 2.11. The molecule has 18 heavy (non-hydrogen) atoms. The van der Waals surface area contributed by atoms with Crippen LogP contribution in [-0.4, -0.2) is 36.9 Å². The highest BCUT2D eigenvalue weighted by atomic mass is 16.2. The highest BCUT2D eigenvalue weighted by molar-refractivity contribution is 5.98. The summed E-state index contributed by atoms with van der Waals surface area (Å²) in [5, 5.41) is 8.11. The van der Waals surface area contributed by atoms with Gasteiger partial charge in [0.1, 0.15) is 5.82 Å². The van der Waals surface area contributed by atoms with Crippen molar-refractivity contribution in [3.63, 3.8) is 0 Å². The van der Waals surface area contributed by atoms with E-state index in [4.69, 9.17) is 0 Å². The molecule has 0 bridgehead atoms. The van der Waals surface area contributed by atoms with E-state index in [1.807, 2.05) is 6.92 Å². The predicted octanol–water partition coefficient (Wildman–Crippen LogP) is 0.379. The normalized spacial score (nSPS) is 9.67. The summed E-state index contributed by atoms with van der Waals surface area (Å²) in [6.07, 6.45) is 2.46. The fourth-order valence-corrected chi connectivity index (χ4v) is 1.35. The van der Waals surface area contributed by atoms with Crippen LogP contribution in [0.25, 0.3) is 0 Å². The lowest BCUT2D eigenvalue weighted by molar-refractivity contribution is -0.119. The molecule has 0 aliphatic carbocycles. The van der Waals surface area contributed by atoms with E-state index in [0.29, 0.717) is 17.9 Å². The van der Waals surface area contributed by atoms with Gasteiger partial charge in [0.25, 0.3) is 5.91 Å². The van der Waals surface area contributed by atoms with Gasteiger partial charge in [-0.1, -0.05) is 6.92 Å². The van der Waals surface area contributed by atoms with Gasteiger partial charge in [0.2, 0.25) is 5.91 Å². The van der Waals surface area contributed by atoms with Crippen LogP contribution in [0.3, 0.4) is 0 Å². The van der Waals surface area contributed by atoms with Crippen LogP contribution in [0.5, 0.6) is 0 Å². The second kappa shape index (κ2) is 7.26. The second-order valence-electron chi connectivity index (χ2n) is 3.68. The van der Waals surface area contributed by atoms with Gasteiger partial charge in [-0.25, -0.2) is 4.98 Å². The van der Waals surface area contributed by atoms with Crippen LogP contribution in [0.15, 0.2) is 18.3 Å². The Bertz CT molecular complexity index is 420. The lowest BCUT2D eigenvalue weighted by atomic mass is 10.2. The van der Waals surface area contributed by atoms with Crippen molar-refractivity contribution in [2.75, 3.05) is 25.5 Å². The Morgan fingerprint density at radius 3 is 2.83 bits per heavy atom. The van der Waals surface area contributed by atoms with Gasteiger partial charge in [0.05, 0.1) is 12.1 Å². The van der Waals surface area contributed by atoms with Crippen molar-refractivity contribution in [1.82, 2.24) is 15.6 Å². The van der Waals surface area contributed by atoms with Gasteiger partial charge in [-0.2, -0.15) is 0 Å². The molecule has 1 heterocycles. The Morgan fingerprint density at radius 2 is 2.17 bits per heavy atom. The maximum Gasteiger partial charge on any atom is 0.254 e. The largest absolute Gasteiger partial charge is 0.360 e. The van der Waals surface area contributed by atoms with E-state index in [2.05, 4.69) is 20.9 Å². The van der Waals surface area contributed by atoms with Gasteiger partial charge in [-0.05, 0) is 18.6 Å². The summed E-state index contributed by atoms with van der Waals surface area (Å²) in [4.78, 5) is 27.0. The van der Waals surface area contributed by atoms with E-state index < -0.39 is 0 Å². The molecule has 0 atom stereocenters. The first-order valence-corrected chi connectivity index (χ1v) is 5.86. The topological polar surface area (TPSA) is 83.1 Å². The Labute approximate surface area is 106 Å². The van der Waals surface area contributed by atoms with Crippen molar-refractivity contribution in [3.05, 3.63) is 23.9 Å². The molecule has 6 heteroatoms. The minimum absolute atomic E-state index is 0.0982. The second-order valence-corrected chi connectivity index (χ2v) is 3.68. The van der Waals surface area contributed by atoms with E-state index in [9.17, 15) is 9.59 Å². The van der Waals surface area contributed by atoms with Crippen molar-refractivity contribution in [3.8, 4) is 0 Å². The standard InChI is InChI=1S/C12H18N4O2/c1-3-6-14-10(17)8-16-11-9(12(18)13-2)5-4-7-15-11/h4-5,7H,3,6,8H2,1-2H3,(H,13,18)(H,14,17)(H,15,16). The number of hydrogen-bond donors (Lipinski definition) is 3. The molecule has 1 aromatic rings. The lowest BCUT2D eigenvalue weighted by Gasteiger charge is -2.09. The first kappa shape index (κ1) is 14.0. The highest BCUT2D eigenvalue weighted by Crippen LogP contribution is 2.10. The van der Waals surface area contributed by atoms with Gasteiger partial charge in [-0.3, -0.25) is 9.59 Å². The van der Waals surface area contributed by atoms with E-state index in [0.717, 1.165) is 6.42 Å². The van der Waals surface area contributed by atoms with Crippen molar-refractivity contribution < 1.29 is 9.59 Å². The van der Waals surface area contributed by atoms with Gasteiger partial charge in [0.15, 0.2) is 0 Å². The number of carbonyl (C=O) groups is 2. The van der Waals surface area contributed by atoms with Crippen LogP contribution in [0.2, 0.25) is 0 Å². The first-order valence-electron chi connectivity index (χ1n) is 5.86. The van der Waals surface area contributed by atoms with Crippen molar-refractivity contribution in [1.29, 1.82) is 0 Å². The van der Waals surface area contributed by atoms with Gasteiger partial charge in [0, 0.05) is 19.8 Å². The van der Waals surface area contributed by atoms with Gasteiger partial charge >= 0.3 is 0 Å². The summed E-state index contributed by atoms with van der Waals surface area (Å²) in [7, 11) is 1.55. The number of aromatic nitrogens is 1. The molecule has 0 saturated carbocycles. The number of carbonyl (C=O) groups excluding carboxylic acids is 2. The molecule has 3 N–H and O–H groups in total. The summed E-state index contributed by atoms with van der Waals surface area (Å²) in [6, 6.07) is 3.32. The molecule has 0 aliphatic rings. The quantitative estimate of drug-likeness (QED) is 0.681. The number of nitrogens with one attached hydrogen (secondary N) is 3. The van der Waals surface area contributed by atoms with Crippen molar-refractivity contribution >= 4 is 17.6 Å². The minimum atomic E-state index is -0.237. The molecule has 0 aromatic carbocycles. The molecule has 0 radical (unpaired) electrons. The summed E-state index contributed by atoms with van der Waals surface area (Å²) >= 11 is 0. The average molecular weight is 250 g/mol. The fraction of sp³-hybridized carbons (Fsp3) is 0.417. The predicted molar refractivity (Wildman–Crippen MR) is 69.4 cm³/mol. The molecule has 1 aromatic heterocycles. The van der Waals surface area contributed by atoms with Crippen LogP contribution in [-0.2, 0) is 4.79 Å². The van der Waals surface area contributed by atoms with Crippen LogP contribution in [0.1, 0.15) is 23.7 Å². The number of amides is 2. The SMILES string of the molecule is CCCNC(=O)CNc1ncccc1C(=O)NC. The molecule has 0 aliphatic heterocycles. The Kier molecular flexibility index (Phi) is 5.63. The number of anilines is 1. The third kappa shape index (κ3) is 4.04. The maximum atomic E-state index is 11.6. The van der Waals surface area contributed by atoms with E-state index in [1.165, 1.54) is 0 Å². The Hall–Kier alpha value is -2.11. The van der Waals surface area contributed by atoms with Crippen LogP contribution >= 0.6 is 0 Å². The molecule has 0 saturated heterocycles. The summed E-state index contributed by atoms with van der Waals surface area (Å²) < 4.78 is 0. The zero-order valence-corrected chi connectivity index (χ0v) is 10.6. The monoisotopic (exact) mass is 250 g/mol. The molecule has 2 amide bonds. The number of rotatable bonds is 6. The average Bonchev–Trinajstić information content (AvgIpc) is 2.42. The van der Waals surface area contributed by atoms with Gasteiger partial charge < -0.3 is 16.0 Å². The Balaban J connectivity index is 2.61. The smallest absolute Gasteiger partial charge is 0.254 e. The zero-order valence-electron chi connectivity index (χ0n) is 10.6. The molecule has 0 unspecified atom stereocenters. The summed E-state index contributed by atoms with van der Waals surface area (Å²) in [6.45, 7) is 2.72. The minimum Gasteiger partial charge on any atom is -0.360 e. The first-order chi connectivity index (χ1) is 8.69. The van der Waals surface area contributed by atoms with Crippen LogP contribution < -0.4 is 16.0 Å². The molecule has 0 spiro atoms. The zero-order chi connectivity index (χ0) is 13.4. The van der Waals surface area contributed by atoms with Gasteiger partial charge in [-0.15, -0.1) is 0 Å². The number of pyridine rings is 1. The molecular formula is C12H18N4O2. The Morgan fingerprint density at radius 1 is 1.39 bits per heavy atom. The molecular weight excluding hydrogens is 232 g/mol. The van der Waals surface area contributed by atoms with Crippen LogP contribution in [0.4, 0.5) is 5.82 Å². The molecule has 0 fully saturated rings. The maximum absolute atomic E-state index is 11.6. The third-order valence-electron chi connectivity index (χ3n) is 2.27. The lowest BCUT2D eigenvalue weighted by Crippen LogP contribution is -2.31. The third-order valence-corrected chi connectivity index (χ3v) is 2.27. The molecule has 6 nitrogen and oxygen atoms in total. The van der Waals surface area contributed by atoms with E-state index in [-0.39, 0.29) is 18.4 Å². The fourth-order valence-electron chi connectivity index (χ4n) is 1.35. The van der Waals surface area contributed by atoms with E-state index in [1.54, 1.807) is 25.4 Å². The van der Waals surface area contributed by atoms with E-state index >= 15 is 0 Å². The summed E-state index contributed by atoms with van der Waals surface area (Å²) in [5.74, 6) is 0.0495. The molecule has 1 rings (SSSR count). The van der Waals surface area contributed by atoms with Crippen LogP contribution in [0, 0.1) is 0 Å². The summed E-state index contributed by atoms with van der Waals surface area (Å²) in [5.41, 5.74) is 0.420. The number of hydrogen-bond acceptors (Lipinski definition) is 4. The van der Waals surface area contributed by atoms with Crippen molar-refractivity contribution in [2.24, 2.45) is 0 Å².